The molecule has 0 saturated carbocycles. The lowest BCUT2D eigenvalue weighted by molar-refractivity contribution is -0.150. The van der Waals surface area contributed by atoms with E-state index in [1.54, 1.807) is 13.0 Å². The van der Waals surface area contributed by atoms with Crippen molar-refractivity contribution >= 4 is 5.97 Å². The molecule has 0 heterocycles. The number of carbonyl (C=O) groups excluding carboxylic acids is 1. The van der Waals surface area contributed by atoms with E-state index in [1.807, 2.05) is 20.8 Å². The number of hydrogen-bond donors (Lipinski definition) is 1. The van der Waals surface area contributed by atoms with E-state index in [-0.39, 0.29) is 17.8 Å². The Kier molecular flexibility index (Phi) is 4.84. The van der Waals surface area contributed by atoms with Gasteiger partial charge in [-0.25, -0.2) is 4.39 Å². The molecule has 0 radical (unpaired) electrons. The Labute approximate surface area is 107 Å². The quantitative estimate of drug-likeness (QED) is 0.839. The number of rotatable bonds is 4. The van der Waals surface area contributed by atoms with Gasteiger partial charge in [-0.05, 0) is 44.0 Å². The maximum atomic E-state index is 13.0. The first kappa shape index (κ1) is 14.6. The number of halogens is 1. The van der Waals surface area contributed by atoms with E-state index in [0.29, 0.717) is 0 Å². The third kappa shape index (κ3) is 3.53. The molecule has 0 bridgehead atoms. The second kappa shape index (κ2) is 5.96. The van der Waals surface area contributed by atoms with Gasteiger partial charge in [0.1, 0.15) is 18.0 Å². The summed E-state index contributed by atoms with van der Waals surface area (Å²) in [6.07, 6.45) is -0.298. The van der Waals surface area contributed by atoms with Crippen LogP contribution < -0.4 is 5.73 Å². The lowest BCUT2D eigenvalue weighted by Crippen LogP contribution is -2.33. The normalized spacial score (nSPS) is 15.9. The molecule has 0 aromatic heterocycles. The van der Waals surface area contributed by atoms with Crippen molar-refractivity contribution in [3.05, 3.63) is 35.1 Å². The van der Waals surface area contributed by atoms with Crippen molar-refractivity contribution in [2.45, 2.75) is 45.8 Å². The van der Waals surface area contributed by atoms with Gasteiger partial charge in [-0.3, -0.25) is 4.79 Å². The fraction of sp³-hybridized carbons (Fsp3) is 0.500. The highest BCUT2D eigenvalue weighted by Gasteiger charge is 2.21. The van der Waals surface area contributed by atoms with E-state index in [4.69, 9.17) is 10.5 Å². The Morgan fingerprint density at radius 1 is 1.33 bits per heavy atom. The van der Waals surface area contributed by atoms with Crippen LogP contribution in [-0.4, -0.2) is 18.1 Å². The van der Waals surface area contributed by atoms with E-state index < -0.39 is 12.0 Å². The first-order chi connectivity index (χ1) is 8.32. The SMILES string of the molecule is Cc1cc(F)ccc1[C@H](C)[C@@H](C)OC(=O)[C@@H](C)N. The number of benzene rings is 1. The average molecular weight is 253 g/mol. The Bertz CT molecular complexity index is 432. The molecule has 3 nitrogen and oxygen atoms in total. The molecule has 0 aliphatic rings. The summed E-state index contributed by atoms with van der Waals surface area (Å²) in [5.41, 5.74) is 7.28. The molecule has 0 saturated heterocycles. The van der Waals surface area contributed by atoms with Crippen molar-refractivity contribution in [1.82, 2.24) is 0 Å². The lowest BCUT2D eigenvalue weighted by atomic mass is 9.92. The molecule has 1 aromatic carbocycles. The number of ether oxygens (including phenoxy) is 1. The molecule has 2 N–H and O–H groups in total. The van der Waals surface area contributed by atoms with Crippen molar-refractivity contribution in [3.63, 3.8) is 0 Å². The Morgan fingerprint density at radius 2 is 1.94 bits per heavy atom. The van der Waals surface area contributed by atoms with Gasteiger partial charge >= 0.3 is 5.97 Å². The average Bonchev–Trinajstić information content (AvgIpc) is 2.27. The summed E-state index contributed by atoms with van der Waals surface area (Å²) in [6.45, 7) is 7.19. The van der Waals surface area contributed by atoms with Crippen molar-refractivity contribution in [1.29, 1.82) is 0 Å². The van der Waals surface area contributed by atoms with Crippen molar-refractivity contribution in [2.75, 3.05) is 0 Å². The number of aryl methyl sites for hydroxylation is 1. The van der Waals surface area contributed by atoms with Crippen LogP contribution in [0, 0.1) is 12.7 Å². The second-order valence-corrected chi connectivity index (χ2v) is 4.72. The number of hydrogen-bond acceptors (Lipinski definition) is 3. The molecule has 0 amide bonds. The standard InChI is InChI=1S/C14H20FNO2/c1-8-7-12(15)5-6-13(8)9(2)11(4)18-14(17)10(3)16/h5-7,9-11H,16H2,1-4H3/t9-,10-,11-/m1/s1. The highest BCUT2D eigenvalue weighted by atomic mass is 19.1. The molecule has 18 heavy (non-hydrogen) atoms. The highest BCUT2D eigenvalue weighted by Crippen LogP contribution is 2.25. The van der Waals surface area contributed by atoms with Crippen LogP contribution in [-0.2, 0) is 9.53 Å². The predicted octanol–water partition coefficient (Wildman–Crippen LogP) is 2.52. The Hall–Kier alpha value is -1.42. The van der Waals surface area contributed by atoms with Gasteiger partial charge in [-0.2, -0.15) is 0 Å². The van der Waals surface area contributed by atoms with Gasteiger partial charge in [0.05, 0.1) is 0 Å². The summed E-state index contributed by atoms with van der Waals surface area (Å²) < 4.78 is 18.3. The minimum atomic E-state index is -0.631. The predicted molar refractivity (Wildman–Crippen MR) is 68.8 cm³/mol. The molecular formula is C14H20FNO2. The van der Waals surface area contributed by atoms with E-state index in [2.05, 4.69) is 0 Å². The molecule has 0 fully saturated rings. The molecule has 0 aliphatic heterocycles. The van der Waals surface area contributed by atoms with Crippen LogP contribution in [0.25, 0.3) is 0 Å². The van der Waals surface area contributed by atoms with Crippen LogP contribution in [0.1, 0.15) is 37.8 Å². The topological polar surface area (TPSA) is 52.3 Å². The van der Waals surface area contributed by atoms with Crippen LogP contribution >= 0.6 is 0 Å². The minimum absolute atomic E-state index is 0.00620. The zero-order chi connectivity index (χ0) is 13.9. The number of nitrogens with two attached hydrogens (primary N) is 1. The van der Waals surface area contributed by atoms with Crippen LogP contribution in [0.2, 0.25) is 0 Å². The van der Waals surface area contributed by atoms with Crippen LogP contribution in [0.3, 0.4) is 0 Å². The summed E-state index contributed by atoms with van der Waals surface area (Å²) in [6, 6.07) is 3.99. The van der Waals surface area contributed by atoms with Crippen molar-refractivity contribution < 1.29 is 13.9 Å². The summed E-state index contributed by atoms with van der Waals surface area (Å²) in [4.78, 5) is 11.4. The molecule has 1 aromatic rings. The fourth-order valence-corrected chi connectivity index (χ4v) is 1.80. The minimum Gasteiger partial charge on any atom is -0.461 e. The van der Waals surface area contributed by atoms with Gasteiger partial charge < -0.3 is 10.5 Å². The van der Waals surface area contributed by atoms with Crippen LogP contribution in [0.5, 0.6) is 0 Å². The highest BCUT2D eigenvalue weighted by molar-refractivity contribution is 5.75. The summed E-state index contributed by atoms with van der Waals surface area (Å²) in [7, 11) is 0. The van der Waals surface area contributed by atoms with Gasteiger partial charge in [-0.1, -0.05) is 13.0 Å². The largest absolute Gasteiger partial charge is 0.461 e. The lowest BCUT2D eigenvalue weighted by Gasteiger charge is -2.23. The third-order valence-corrected chi connectivity index (χ3v) is 3.10. The monoisotopic (exact) mass is 253 g/mol. The van der Waals surface area contributed by atoms with Crippen molar-refractivity contribution in [3.8, 4) is 0 Å². The summed E-state index contributed by atoms with van der Waals surface area (Å²) >= 11 is 0. The van der Waals surface area contributed by atoms with E-state index in [9.17, 15) is 9.18 Å². The van der Waals surface area contributed by atoms with Crippen molar-refractivity contribution in [2.24, 2.45) is 5.73 Å². The Morgan fingerprint density at radius 3 is 2.44 bits per heavy atom. The van der Waals surface area contributed by atoms with Gasteiger partial charge in [0.15, 0.2) is 0 Å². The first-order valence-corrected chi connectivity index (χ1v) is 6.05. The van der Waals surface area contributed by atoms with Gasteiger partial charge in [0.25, 0.3) is 0 Å². The smallest absolute Gasteiger partial charge is 0.322 e. The maximum absolute atomic E-state index is 13.0. The summed E-state index contributed by atoms with van der Waals surface area (Å²) in [5.74, 6) is -0.689. The molecule has 3 atom stereocenters. The molecule has 4 heteroatoms. The number of carbonyl (C=O) groups is 1. The third-order valence-electron chi connectivity index (χ3n) is 3.10. The number of esters is 1. The Balaban J connectivity index is 2.80. The van der Waals surface area contributed by atoms with Crippen LogP contribution in [0.4, 0.5) is 4.39 Å². The van der Waals surface area contributed by atoms with Gasteiger partial charge in [0, 0.05) is 5.92 Å². The molecular weight excluding hydrogens is 233 g/mol. The first-order valence-electron chi connectivity index (χ1n) is 6.05. The fourth-order valence-electron chi connectivity index (χ4n) is 1.80. The zero-order valence-electron chi connectivity index (χ0n) is 11.2. The van der Waals surface area contributed by atoms with Gasteiger partial charge in [0.2, 0.25) is 0 Å². The van der Waals surface area contributed by atoms with E-state index in [0.717, 1.165) is 11.1 Å². The van der Waals surface area contributed by atoms with E-state index >= 15 is 0 Å². The van der Waals surface area contributed by atoms with Gasteiger partial charge in [-0.15, -0.1) is 0 Å². The maximum Gasteiger partial charge on any atom is 0.322 e. The molecule has 0 aliphatic carbocycles. The molecule has 0 unspecified atom stereocenters. The molecule has 0 spiro atoms. The second-order valence-electron chi connectivity index (χ2n) is 4.72. The van der Waals surface area contributed by atoms with Crippen LogP contribution in [0.15, 0.2) is 18.2 Å². The van der Waals surface area contributed by atoms with E-state index in [1.165, 1.54) is 12.1 Å². The molecule has 100 valence electrons. The summed E-state index contributed by atoms with van der Waals surface area (Å²) in [5, 5.41) is 0. The zero-order valence-corrected chi connectivity index (χ0v) is 11.2. The molecule has 1 rings (SSSR count).